The number of carbonyl (C=O) groups excluding carboxylic acids is 1. The van der Waals surface area contributed by atoms with Crippen LogP contribution in [0.25, 0.3) is 10.8 Å². The van der Waals surface area contributed by atoms with E-state index in [1.54, 1.807) is 69.4 Å². The summed E-state index contributed by atoms with van der Waals surface area (Å²) in [6.45, 7) is 16.9. The van der Waals surface area contributed by atoms with Crippen LogP contribution in [0.5, 0.6) is 11.5 Å². The lowest BCUT2D eigenvalue weighted by Gasteiger charge is -2.31. The molecule has 1 amide bonds. The van der Waals surface area contributed by atoms with Gasteiger partial charge in [0.05, 0.1) is 18.3 Å². The molecule has 0 radical (unpaired) electrons. The van der Waals surface area contributed by atoms with Gasteiger partial charge in [-0.1, -0.05) is 6.07 Å². The van der Waals surface area contributed by atoms with Crippen LogP contribution in [-0.4, -0.2) is 46.1 Å². The van der Waals surface area contributed by atoms with Gasteiger partial charge < -0.3 is 24.6 Å². The second kappa shape index (κ2) is 12.6. The Morgan fingerprint density at radius 2 is 1.68 bits per heavy atom. The zero-order chi connectivity index (χ0) is 30.5. The van der Waals surface area contributed by atoms with Crippen LogP contribution in [0.1, 0.15) is 73.9 Å². The number of aromatic nitrogens is 1. The summed E-state index contributed by atoms with van der Waals surface area (Å²) in [6.07, 6.45) is 0.794. The maximum atomic E-state index is 13.1. The third kappa shape index (κ3) is 8.72. The monoisotopic (exact) mass is 567 g/mol. The van der Waals surface area contributed by atoms with Crippen LogP contribution in [0.2, 0.25) is 0 Å². The first-order valence-electron chi connectivity index (χ1n) is 13.6. The molecule has 0 saturated heterocycles. The zero-order valence-electron chi connectivity index (χ0n) is 25.3. The number of carbonyl (C=O) groups is 2. The fourth-order valence-electron chi connectivity index (χ4n) is 3.94. The Morgan fingerprint density at radius 3 is 2.27 bits per heavy atom. The molecule has 1 aromatic heterocycles. The van der Waals surface area contributed by atoms with Crippen molar-refractivity contribution in [3.8, 4) is 11.5 Å². The molecule has 3 aromatic rings. The van der Waals surface area contributed by atoms with E-state index in [1.807, 2.05) is 41.5 Å². The van der Waals surface area contributed by atoms with Gasteiger partial charge in [0.2, 0.25) is 0 Å². The van der Waals surface area contributed by atoms with Crippen LogP contribution in [0.4, 0.5) is 16.3 Å². The molecule has 2 N–H and O–H groups in total. The Labute approximate surface area is 241 Å². The highest BCUT2D eigenvalue weighted by Gasteiger charge is 2.31. The number of carboxylic acid groups (broad SMARTS) is 1. The molecule has 0 spiro atoms. The Bertz CT molecular complexity index is 1380. The number of anilines is 2. The van der Waals surface area contributed by atoms with Crippen LogP contribution in [0.15, 0.2) is 48.7 Å². The predicted molar refractivity (Wildman–Crippen MR) is 159 cm³/mol. The first kappa shape index (κ1) is 31.5. The number of rotatable bonds is 10. The number of nitrogens with zero attached hydrogens (tertiary/aromatic N) is 2. The Hall–Kier alpha value is -4.05. The Morgan fingerprint density at radius 1 is 0.976 bits per heavy atom. The predicted octanol–water partition coefficient (Wildman–Crippen LogP) is 7.13. The number of fused-ring (bicyclic) bond motifs is 1. The van der Waals surface area contributed by atoms with Crippen molar-refractivity contribution in [1.82, 2.24) is 4.98 Å². The van der Waals surface area contributed by atoms with E-state index in [2.05, 4.69) is 10.3 Å². The summed E-state index contributed by atoms with van der Waals surface area (Å²) >= 11 is 0. The molecule has 1 heterocycles. The van der Waals surface area contributed by atoms with Crippen molar-refractivity contribution in [1.29, 1.82) is 0 Å². The van der Waals surface area contributed by atoms with Crippen molar-refractivity contribution in [2.24, 2.45) is 0 Å². The minimum atomic E-state index is -1.07. The molecule has 0 saturated carbocycles. The van der Waals surface area contributed by atoms with Gasteiger partial charge in [-0.2, -0.15) is 0 Å². The van der Waals surface area contributed by atoms with E-state index in [9.17, 15) is 14.7 Å². The number of carboxylic acids is 1. The van der Waals surface area contributed by atoms with Crippen molar-refractivity contribution in [3.05, 3.63) is 54.2 Å². The first-order chi connectivity index (χ1) is 19.1. The van der Waals surface area contributed by atoms with E-state index in [4.69, 9.17) is 19.0 Å². The number of hydroxylamine groups is 1. The van der Waals surface area contributed by atoms with E-state index in [-0.39, 0.29) is 11.9 Å². The number of amides is 1. The summed E-state index contributed by atoms with van der Waals surface area (Å²) in [5.74, 6) is 0.222. The van der Waals surface area contributed by atoms with Gasteiger partial charge in [-0.3, -0.25) is 4.84 Å². The second-order valence-electron chi connectivity index (χ2n) is 11.8. The summed E-state index contributed by atoms with van der Waals surface area (Å²) in [7, 11) is 0. The Balaban J connectivity index is 1.99. The third-order valence-electron chi connectivity index (χ3n) is 5.38. The smallest absolute Gasteiger partial charge is 0.440 e. The summed E-state index contributed by atoms with van der Waals surface area (Å²) in [4.78, 5) is 35.9. The molecule has 0 bridgehead atoms. The van der Waals surface area contributed by atoms with E-state index < -0.39 is 29.3 Å². The maximum absolute atomic E-state index is 13.1. The molecule has 222 valence electrons. The number of hydrogen-bond donors (Lipinski definition) is 2. The lowest BCUT2D eigenvalue weighted by atomic mass is 10.0. The summed E-state index contributed by atoms with van der Waals surface area (Å²) < 4.78 is 17.1. The molecule has 41 heavy (non-hydrogen) atoms. The van der Waals surface area contributed by atoms with E-state index in [0.29, 0.717) is 40.1 Å². The van der Waals surface area contributed by atoms with Crippen LogP contribution in [0.3, 0.4) is 0 Å². The fraction of sp³-hybridized carbons (Fsp3) is 0.452. The highest BCUT2D eigenvalue weighted by Crippen LogP contribution is 2.34. The lowest BCUT2D eigenvalue weighted by Crippen LogP contribution is -2.42. The van der Waals surface area contributed by atoms with Crippen molar-refractivity contribution in [2.75, 3.05) is 17.0 Å². The molecule has 1 unspecified atom stereocenters. The topological polar surface area (TPSA) is 119 Å². The molecular formula is C31H41N3O7. The molecule has 0 aliphatic carbocycles. The molecule has 10 nitrogen and oxygen atoms in total. The van der Waals surface area contributed by atoms with Crippen LogP contribution < -0.4 is 19.9 Å². The molecule has 0 fully saturated rings. The minimum absolute atomic E-state index is 0.0644. The summed E-state index contributed by atoms with van der Waals surface area (Å²) in [5.41, 5.74) is -0.400. The molecular weight excluding hydrogens is 526 g/mol. The number of hydrogen-bond acceptors (Lipinski definition) is 8. The lowest BCUT2D eigenvalue weighted by molar-refractivity contribution is -0.138. The average Bonchev–Trinajstić information content (AvgIpc) is 2.84. The molecule has 10 heteroatoms. The molecule has 0 aliphatic heterocycles. The van der Waals surface area contributed by atoms with Crippen molar-refractivity contribution >= 4 is 34.3 Å². The van der Waals surface area contributed by atoms with Gasteiger partial charge >= 0.3 is 12.1 Å². The number of pyridine rings is 1. The minimum Gasteiger partial charge on any atom is -0.490 e. The van der Waals surface area contributed by atoms with E-state index in [1.165, 1.54) is 0 Å². The Kier molecular flexibility index (Phi) is 9.70. The number of benzene rings is 2. The van der Waals surface area contributed by atoms with Crippen LogP contribution in [-0.2, 0) is 14.4 Å². The van der Waals surface area contributed by atoms with Gasteiger partial charge in [0.25, 0.3) is 0 Å². The van der Waals surface area contributed by atoms with Gasteiger partial charge in [0.15, 0.2) is 23.4 Å². The van der Waals surface area contributed by atoms with Crippen molar-refractivity contribution in [2.45, 2.75) is 85.7 Å². The number of ether oxygens (including phenoxy) is 3. The van der Waals surface area contributed by atoms with Crippen molar-refractivity contribution in [3.63, 3.8) is 0 Å². The number of aliphatic carboxylic acids is 1. The van der Waals surface area contributed by atoms with Gasteiger partial charge in [-0.15, -0.1) is 5.06 Å². The normalized spacial score (nSPS) is 12.6. The average molecular weight is 568 g/mol. The molecule has 0 aliphatic rings. The molecule has 2 aromatic carbocycles. The fourth-order valence-corrected chi connectivity index (χ4v) is 3.94. The molecule has 3 rings (SSSR count). The van der Waals surface area contributed by atoms with Gasteiger partial charge in [-0.25, -0.2) is 14.6 Å². The van der Waals surface area contributed by atoms with Crippen molar-refractivity contribution < 1.29 is 33.7 Å². The second-order valence-corrected chi connectivity index (χ2v) is 11.8. The number of nitrogens with one attached hydrogen (secondary N) is 1. The van der Waals surface area contributed by atoms with Crippen LogP contribution in [0, 0.1) is 0 Å². The van der Waals surface area contributed by atoms with Gasteiger partial charge in [0.1, 0.15) is 5.60 Å². The molecule has 1 atom stereocenters. The van der Waals surface area contributed by atoms with Gasteiger partial charge in [-0.05, 0) is 110 Å². The largest absolute Gasteiger partial charge is 0.490 e. The highest BCUT2D eigenvalue weighted by atomic mass is 16.7. The SMILES string of the molecule is CCOc1cc(C(Nc2ccc3c(N(OC(C)(C)C)C(=O)OC(C)(C)C)nccc3c2)C(=O)O)ccc1OC(C)C. The summed E-state index contributed by atoms with van der Waals surface area (Å²) in [6, 6.07) is 11.1. The van der Waals surface area contributed by atoms with E-state index >= 15 is 0 Å². The quantitative estimate of drug-likeness (QED) is 0.247. The van der Waals surface area contributed by atoms with Crippen LogP contribution >= 0.6 is 0 Å². The highest BCUT2D eigenvalue weighted by molar-refractivity contribution is 6.00. The maximum Gasteiger partial charge on any atom is 0.440 e. The third-order valence-corrected chi connectivity index (χ3v) is 5.38. The summed E-state index contributed by atoms with van der Waals surface area (Å²) in [5, 5.41) is 15.6. The van der Waals surface area contributed by atoms with E-state index in [0.717, 1.165) is 5.06 Å². The first-order valence-corrected chi connectivity index (χ1v) is 13.6. The zero-order valence-corrected chi connectivity index (χ0v) is 25.3. The standard InChI is InChI=1S/C31H41N3O7/c1-10-38-25-18-21(11-14-24(25)39-19(2)3)26(28(35)36)33-22-12-13-23-20(17-22)15-16-32-27(23)34(41-31(7,8)9)29(37)40-30(4,5)6/h11-19,26,33H,10H2,1-9H3,(H,35,36). The van der Waals surface area contributed by atoms with Gasteiger partial charge in [0, 0.05) is 17.3 Å².